The van der Waals surface area contributed by atoms with E-state index in [0.29, 0.717) is 24.8 Å². The zero-order valence-corrected chi connectivity index (χ0v) is 21.6. The minimum absolute atomic E-state index is 0.0338. The van der Waals surface area contributed by atoms with Gasteiger partial charge in [0, 0.05) is 33.1 Å². The number of pyridine rings is 1. The summed E-state index contributed by atoms with van der Waals surface area (Å²) in [5, 5.41) is 3.27. The molecule has 2 aromatic heterocycles. The average Bonchev–Trinajstić information content (AvgIpc) is 3.09. The zero-order valence-electron chi connectivity index (χ0n) is 20.6. The Labute approximate surface area is 201 Å². The summed E-state index contributed by atoms with van der Waals surface area (Å²) in [4.78, 5) is 16.3. The Hall–Kier alpha value is -2.91. The Balaban J connectivity index is 1.70. The van der Waals surface area contributed by atoms with Gasteiger partial charge in [0.2, 0.25) is 0 Å². The molecule has 0 unspecified atom stereocenters. The molecule has 1 N–H and O–H groups in total. The number of hydrogen-bond acceptors (Lipinski definition) is 5. The van der Waals surface area contributed by atoms with E-state index in [1.165, 1.54) is 12.1 Å². The maximum Gasteiger partial charge on any atom is 0.411 e. The van der Waals surface area contributed by atoms with E-state index < -0.39 is 20.0 Å². The molecule has 34 heavy (non-hydrogen) atoms. The van der Waals surface area contributed by atoms with Crippen molar-refractivity contribution in [3.63, 3.8) is 0 Å². The Bertz CT molecular complexity index is 1130. The summed E-state index contributed by atoms with van der Waals surface area (Å²) >= 11 is 0. The maximum atomic E-state index is 14.6. The second-order valence-electron chi connectivity index (χ2n) is 9.50. The van der Waals surface area contributed by atoms with Crippen LogP contribution in [-0.2, 0) is 16.2 Å². The fourth-order valence-corrected chi connectivity index (χ4v) is 4.11. The third-order valence-electron chi connectivity index (χ3n) is 5.27. The molecule has 1 aromatic carbocycles. The smallest absolute Gasteiger partial charge is 0.411 e. The Morgan fingerprint density at radius 2 is 2.00 bits per heavy atom. The number of amides is 1. The number of rotatable bonds is 11. The number of anilines is 1. The number of nitrogens with one attached hydrogen (secondary N) is 1. The van der Waals surface area contributed by atoms with Gasteiger partial charge in [-0.3, -0.25) is 5.32 Å². The molecule has 9 heteroatoms. The van der Waals surface area contributed by atoms with Crippen LogP contribution in [0.4, 0.5) is 14.9 Å². The highest BCUT2D eigenvalue weighted by Crippen LogP contribution is 2.33. The van der Waals surface area contributed by atoms with Gasteiger partial charge in [-0.15, -0.1) is 0 Å². The van der Waals surface area contributed by atoms with Crippen LogP contribution in [0.5, 0.6) is 11.5 Å². The first-order valence-corrected chi connectivity index (χ1v) is 15.3. The molecular formula is C25H34FN3O4Si. The Kier molecular flexibility index (Phi) is 8.68. The largest absolute Gasteiger partial charge is 0.456 e. The molecule has 0 aliphatic rings. The predicted molar refractivity (Wildman–Crippen MR) is 135 cm³/mol. The number of carbonyl (C=O) groups is 1. The number of aryl methyl sites for hydroxylation is 1. The minimum Gasteiger partial charge on any atom is -0.456 e. The summed E-state index contributed by atoms with van der Waals surface area (Å²) in [6.45, 7) is 12.4. The summed E-state index contributed by atoms with van der Waals surface area (Å²) in [5.41, 5.74) is 1.77. The number of halogens is 1. The van der Waals surface area contributed by atoms with Crippen LogP contribution in [-0.4, -0.2) is 36.9 Å². The lowest BCUT2D eigenvalue weighted by atomic mass is 10.2. The quantitative estimate of drug-likeness (QED) is 0.234. The van der Waals surface area contributed by atoms with Crippen LogP contribution in [0.1, 0.15) is 25.3 Å². The third-order valence-corrected chi connectivity index (χ3v) is 6.98. The van der Waals surface area contributed by atoms with Crippen LogP contribution in [0.3, 0.4) is 0 Å². The molecule has 3 rings (SSSR count). The van der Waals surface area contributed by atoms with Gasteiger partial charge in [-0.05, 0) is 43.2 Å². The monoisotopic (exact) mass is 487 g/mol. The van der Waals surface area contributed by atoms with Crippen LogP contribution in [0.25, 0.3) is 11.0 Å². The number of hydrogen-bond donors (Lipinski definition) is 1. The van der Waals surface area contributed by atoms with Gasteiger partial charge >= 0.3 is 6.09 Å². The fourth-order valence-electron chi connectivity index (χ4n) is 3.35. The van der Waals surface area contributed by atoms with Crippen molar-refractivity contribution >= 4 is 30.9 Å². The number of carbonyl (C=O) groups excluding carboxylic acids is 1. The van der Waals surface area contributed by atoms with Crippen molar-refractivity contribution in [1.29, 1.82) is 0 Å². The molecule has 1 amide bonds. The van der Waals surface area contributed by atoms with E-state index in [9.17, 15) is 9.18 Å². The minimum atomic E-state index is -1.15. The van der Waals surface area contributed by atoms with Crippen molar-refractivity contribution in [2.45, 2.75) is 59.1 Å². The van der Waals surface area contributed by atoms with Crippen LogP contribution in [0.15, 0.2) is 36.7 Å². The highest BCUT2D eigenvalue weighted by Gasteiger charge is 2.16. The molecule has 3 aromatic rings. The third kappa shape index (κ3) is 7.04. The van der Waals surface area contributed by atoms with Crippen LogP contribution < -0.4 is 10.1 Å². The van der Waals surface area contributed by atoms with Crippen molar-refractivity contribution < 1.29 is 23.4 Å². The Morgan fingerprint density at radius 3 is 2.71 bits per heavy atom. The number of unbranched alkanes of at least 4 members (excludes halogenated alkanes) is 1. The van der Waals surface area contributed by atoms with Crippen molar-refractivity contribution in [2.24, 2.45) is 0 Å². The van der Waals surface area contributed by atoms with E-state index in [-0.39, 0.29) is 5.69 Å². The van der Waals surface area contributed by atoms with E-state index in [0.717, 1.165) is 42.1 Å². The molecule has 0 atom stereocenters. The maximum absolute atomic E-state index is 14.6. The molecule has 7 nitrogen and oxygen atoms in total. The zero-order chi connectivity index (χ0) is 24.7. The van der Waals surface area contributed by atoms with E-state index in [2.05, 4.69) is 29.9 Å². The van der Waals surface area contributed by atoms with Gasteiger partial charge in [0.05, 0.1) is 17.7 Å². The summed E-state index contributed by atoms with van der Waals surface area (Å²) in [6, 6.07) is 7.14. The van der Waals surface area contributed by atoms with Gasteiger partial charge in [0.25, 0.3) is 0 Å². The number of benzene rings is 1. The van der Waals surface area contributed by atoms with Crippen molar-refractivity contribution in [3.8, 4) is 11.5 Å². The van der Waals surface area contributed by atoms with Gasteiger partial charge in [0.1, 0.15) is 23.9 Å². The number of nitrogens with zero attached hydrogens (tertiary/aromatic N) is 2. The van der Waals surface area contributed by atoms with Gasteiger partial charge in [-0.25, -0.2) is 14.2 Å². The topological polar surface area (TPSA) is 74.6 Å². The molecule has 0 aliphatic carbocycles. The van der Waals surface area contributed by atoms with Gasteiger partial charge in [-0.2, -0.15) is 0 Å². The standard InChI is InChI=1S/C25H34FN3O4Si/c1-6-7-12-32-25(30)28-21-9-8-19(15-20(21)26)33-22-10-11-27-24-23(22)18(2)16-29(24)17-31-13-14-34(3,4)5/h8-11,15-16H,6-7,12-14,17H2,1-5H3,(H,28,30). The average molecular weight is 488 g/mol. The summed E-state index contributed by atoms with van der Waals surface area (Å²) < 4.78 is 33.4. The van der Waals surface area contributed by atoms with Gasteiger partial charge in [-0.1, -0.05) is 33.0 Å². The van der Waals surface area contributed by atoms with Crippen LogP contribution >= 0.6 is 0 Å². The fraction of sp³-hybridized carbons (Fsp3) is 0.440. The molecule has 0 spiro atoms. The first-order chi connectivity index (χ1) is 16.2. The van der Waals surface area contributed by atoms with E-state index >= 15 is 0 Å². The second-order valence-corrected chi connectivity index (χ2v) is 15.1. The highest BCUT2D eigenvalue weighted by molar-refractivity contribution is 6.76. The van der Waals surface area contributed by atoms with Crippen molar-refractivity contribution in [3.05, 3.63) is 48.0 Å². The molecule has 0 aliphatic heterocycles. The molecular weight excluding hydrogens is 453 g/mol. The molecule has 0 radical (unpaired) electrons. The van der Waals surface area contributed by atoms with Crippen molar-refractivity contribution in [1.82, 2.24) is 9.55 Å². The summed E-state index contributed by atoms with van der Waals surface area (Å²) in [7, 11) is -1.15. The Morgan fingerprint density at radius 1 is 1.21 bits per heavy atom. The van der Waals surface area contributed by atoms with Crippen molar-refractivity contribution in [2.75, 3.05) is 18.5 Å². The molecule has 184 valence electrons. The molecule has 2 heterocycles. The van der Waals surface area contributed by atoms with E-state index in [1.807, 2.05) is 24.6 Å². The number of ether oxygens (including phenoxy) is 3. The lowest BCUT2D eigenvalue weighted by Gasteiger charge is -2.15. The first-order valence-electron chi connectivity index (χ1n) is 11.6. The number of fused-ring (bicyclic) bond motifs is 1. The number of aromatic nitrogens is 2. The lowest BCUT2D eigenvalue weighted by Crippen LogP contribution is -2.22. The highest BCUT2D eigenvalue weighted by atomic mass is 28.3. The van der Waals surface area contributed by atoms with Gasteiger partial charge in [0.15, 0.2) is 5.82 Å². The van der Waals surface area contributed by atoms with Crippen LogP contribution in [0.2, 0.25) is 25.7 Å². The predicted octanol–water partition coefficient (Wildman–Crippen LogP) is 6.94. The normalized spacial score (nSPS) is 11.6. The first kappa shape index (κ1) is 25.7. The SMILES string of the molecule is CCCCOC(=O)Nc1ccc(Oc2ccnc3c2c(C)cn3COCC[Si](C)(C)C)cc1F. The van der Waals surface area contributed by atoms with E-state index in [4.69, 9.17) is 14.2 Å². The van der Waals surface area contributed by atoms with Crippen LogP contribution in [0, 0.1) is 12.7 Å². The molecule has 0 bridgehead atoms. The molecule has 0 fully saturated rings. The van der Waals surface area contributed by atoms with Gasteiger partial charge < -0.3 is 18.8 Å². The summed E-state index contributed by atoms with van der Waals surface area (Å²) in [6.07, 6.45) is 4.63. The molecule has 0 saturated carbocycles. The lowest BCUT2D eigenvalue weighted by molar-refractivity contribution is 0.0898. The van der Waals surface area contributed by atoms with E-state index in [1.54, 1.807) is 18.3 Å². The summed E-state index contributed by atoms with van der Waals surface area (Å²) in [5.74, 6) is 0.274. The molecule has 0 saturated heterocycles. The second kappa shape index (κ2) is 11.5.